The predicted molar refractivity (Wildman–Crippen MR) is 78.2 cm³/mol. The van der Waals surface area contributed by atoms with E-state index in [-0.39, 0.29) is 6.04 Å². The maximum Gasteiger partial charge on any atom is 0.121 e. The zero-order chi connectivity index (χ0) is 14.0. The predicted octanol–water partition coefficient (Wildman–Crippen LogP) is 4.73. The number of benzene rings is 1. The van der Waals surface area contributed by atoms with Crippen LogP contribution in [0.2, 0.25) is 5.02 Å². The van der Waals surface area contributed by atoms with Crippen LogP contribution in [0.4, 0.5) is 5.69 Å². The minimum atomic E-state index is 0.113. The van der Waals surface area contributed by atoms with Crippen LogP contribution in [0.1, 0.15) is 30.0 Å². The second-order valence-electron chi connectivity index (χ2n) is 4.58. The van der Waals surface area contributed by atoms with Crippen LogP contribution >= 0.6 is 11.6 Å². The standard InChI is InChI=1S/C15H18ClNO2/c1-9-7-13(11(3)19-9)10(2)17-15-8-12(18-4)5-6-14(15)16/h5-8,10,17H,1-4H3. The summed E-state index contributed by atoms with van der Waals surface area (Å²) in [6.07, 6.45) is 0. The largest absolute Gasteiger partial charge is 0.497 e. The fourth-order valence-electron chi connectivity index (χ4n) is 2.13. The summed E-state index contributed by atoms with van der Waals surface area (Å²) in [6.45, 7) is 5.99. The summed E-state index contributed by atoms with van der Waals surface area (Å²) in [5.74, 6) is 2.62. The number of methoxy groups -OCH3 is 1. The number of furan rings is 1. The molecule has 0 fully saturated rings. The first-order valence-electron chi connectivity index (χ1n) is 6.18. The van der Waals surface area contributed by atoms with E-state index in [1.54, 1.807) is 7.11 Å². The molecule has 0 saturated carbocycles. The van der Waals surface area contributed by atoms with Gasteiger partial charge in [0.05, 0.1) is 23.9 Å². The lowest BCUT2D eigenvalue weighted by atomic mass is 10.1. The lowest BCUT2D eigenvalue weighted by molar-refractivity contribution is 0.415. The second kappa shape index (κ2) is 5.57. The highest BCUT2D eigenvalue weighted by molar-refractivity contribution is 6.33. The van der Waals surface area contributed by atoms with Gasteiger partial charge in [-0.1, -0.05) is 11.6 Å². The average Bonchev–Trinajstić information content (AvgIpc) is 2.71. The first-order chi connectivity index (χ1) is 9.01. The molecule has 4 heteroatoms. The number of aryl methyl sites for hydroxylation is 2. The van der Waals surface area contributed by atoms with Crippen molar-refractivity contribution in [2.75, 3.05) is 12.4 Å². The van der Waals surface area contributed by atoms with Crippen LogP contribution in [0, 0.1) is 13.8 Å². The van der Waals surface area contributed by atoms with E-state index < -0.39 is 0 Å². The summed E-state index contributed by atoms with van der Waals surface area (Å²) in [7, 11) is 1.64. The molecule has 19 heavy (non-hydrogen) atoms. The minimum Gasteiger partial charge on any atom is -0.497 e. The van der Waals surface area contributed by atoms with Gasteiger partial charge in [-0.25, -0.2) is 0 Å². The summed E-state index contributed by atoms with van der Waals surface area (Å²) in [5, 5.41) is 4.06. The number of halogens is 1. The highest BCUT2D eigenvalue weighted by atomic mass is 35.5. The summed E-state index contributed by atoms with van der Waals surface area (Å²) in [6, 6.07) is 7.71. The van der Waals surface area contributed by atoms with Gasteiger partial charge in [0.1, 0.15) is 17.3 Å². The van der Waals surface area contributed by atoms with Gasteiger partial charge in [0.25, 0.3) is 0 Å². The Hall–Kier alpha value is -1.61. The van der Waals surface area contributed by atoms with Crippen molar-refractivity contribution in [2.45, 2.75) is 26.8 Å². The van der Waals surface area contributed by atoms with Gasteiger partial charge in [0.2, 0.25) is 0 Å². The first kappa shape index (κ1) is 13.8. The number of nitrogens with one attached hydrogen (secondary N) is 1. The van der Waals surface area contributed by atoms with Crippen molar-refractivity contribution in [1.29, 1.82) is 0 Å². The molecule has 0 saturated heterocycles. The number of ether oxygens (including phenoxy) is 1. The number of hydrogen-bond acceptors (Lipinski definition) is 3. The SMILES string of the molecule is COc1ccc(Cl)c(NC(C)c2cc(C)oc2C)c1. The van der Waals surface area contributed by atoms with Gasteiger partial charge in [-0.3, -0.25) is 0 Å². The molecule has 3 nitrogen and oxygen atoms in total. The molecular formula is C15H18ClNO2. The molecule has 0 spiro atoms. The topological polar surface area (TPSA) is 34.4 Å². The van der Waals surface area contributed by atoms with E-state index in [9.17, 15) is 0 Å². The second-order valence-corrected chi connectivity index (χ2v) is 4.99. The van der Waals surface area contributed by atoms with Gasteiger partial charge in [-0.2, -0.15) is 0 Å². The number of anilines is 1. The van der Waals surface area contributed by atoms with Crippen molar-refractivity contribution in [1.82, 2.24) is 0 Å². The normalized spacial score (nSPS) is 12.3. The Morgan fingerprint density at radius 3 is 2.58 bits per heavy atom. The molecular weight excluding hydrogens is 262 g/mol. The van der Waals surface area contributed by atoms with Crippen LogP contribution < -0.4 is 10.1 Å². The lowest BCUT2D eigenvalue weighted by Gasteiger charge is -2.16. The highest BCUT2D eigenvalue weighted by Gasteiger charge is 2.14. The lowest BCUT2D eigenvalue weighted by Crippen LogP contribution is -2.07. The maximum atomic E-state index is 6.19. The molecule has 1 N–H and O–H groups in total. The highest BCUT2D eigenvalue weighted by Crippen LogP contribution is 2.31. The molecule has 0 bridgehead atoms. The van der Waals surface area contributed by atoms with Crippen molar-refractivity contribution in [2.24, 2.45) is 0 Å². The summed E-state index contributed by atoms with van der Waals surface area (Å²) in [4.78, 5) is 0. The van der Waals surface area contributed by atoms with Gasteiger partial charge < -0.3 is 14.5 Å². The van der Waals surface area contributed by atoms with Crippen LogP contribution in [0.25, 0.3) is 0 Å². The monoisotopic (exact) mass is 279 g/mol. The summed E-state index contributed by atoms with van der Waals surface area (Å²) < 4.78 is 10.8. The summed E-state index contributed by atoms with van der Waals surface area (Å²) in [5.41, 5.74) is 1.99. The van der Waals surface area contributed by atoms with Crippen LogP contribution in [-0.2, 0) is 0 Å². The fraction of sp³-hybridized carbons (Fsp3) is 0.333. The van der Waals surface area contributed by atoms with Crippen LogP contribution in [0.3, 0.4) is 0 Å². The molecule has 0 aliphatic carbocycles. The van der Waals surface area contributed by atoms with E-state index >= 15 is 0 Å². The zero-order valence-corrected chi connectivity index (χ0v) is 12.3. The molecule has 2 aromatic rings. The van der Waals surface area contributed by atoms with E-state index in [1.165, 1.54) is 0 Å². The van der Waals surface area contributed by atoms with Gasteiger partial charge in [-0.15, -0.1) is 0 Å². The first-order valence-corrected chi connectivity index (χ1v) is 6.56. The van der Waals surface area contributed by atoms with Gasteiger partial charge in [0.15, 0.2) is 0 Å². The maximum absolute atomic E-state index is 6.19. The van der Waals surface area contributed by atoms with Crippen molar-refractivity contribution in [3.8, 4) is 5.75 Å². The van der Waals surface area contributed by atoms with Crippen LogP contribution in [-0.4, -0.2) is 7.11 Å². The van der Waals surface area contributed by atoms with Gasteiger partial charge in [-0.05, 0) is 39.0 Å². The molecule has 0 aliphatic rings. The van der Waals surface area contributed by atoms with Gasteiger partial charge >= 0.3 is 0 Å². The van der Waals surface area contributed by atoms with E-state index in [0.717, 1.165) is 28.5 Å². The average molecular weight is 280 g/mol. The molecule has 0 aliphatic heterocycles. The Labute approximate surface area is 118 Å². The van der Waals surface area contributed by atoms with Crippen LogP contribution in [0.15, 0.2) is 28.7 Å². The molecule has 1 aromatic carbocycles. The van der Waals surface area contributed by atoms with Crippen molar-refractivity contribution in [3.05, 3.63) is 46.4 Å². The quantitative estimate of drug-likeness (QED) is 0.878. The van der Waals surface area contributed by atoms with E-state index in [4.69, 9.17) is 20.8 Å². The third-order valence-electron chi connectivity index (χ3n) is 3.09. The van der Waals surface area contributed by atoms with E-state index in [1.807, 2.05) is 38.1 Å². The Morgan fingerprint density at radius 1 is 1.26 bits per heavy atom. The molecule has 0 amide bonds. The smallest absolute Gasteiger partial charge is 0.121 e. The third-order valence-corrected chi connectivity index (χ3v) is 3.42. The third kappa shape index (κ3) is 3.04. The van der Waals surface area contributed by atoms with E-state index in [0.29, 0.717) is 5.02 Å². The van der Waals surface area contributed by atoms with Crippen molar-refractivity contribution >= 4 is 17.3 Å². The summed E-state index contributed by atoms with van der Waals surface area (Å²) >= 11 is 6.19. The van der Waals surface area contributed by atoms with Crippen LogP contribution in [0.5, 0.6) is 5.75 Å². The number of hydrogen-bond donors (Lipinski definition) is 1. The van der Waals surface area contributed by atoms with Gasteiger partial charge in [0, 0.05) is 11.6 Å². The molecule has 0 radical (unpaired) electrons. The molecule has 1 heterocycles. The Kier molecular flexibility index (Phi) is 4.05. The van der Waals surface area contributed by atoms with E-state index in [2.05, 4.69) is 12.2 Å². The minimum absolute atomic E-state index is 0.113. The molecule has 1 aromatic heterocycles. The Balaban J connectivity index is 2.23. The zero-order valence-electron chi connectivity index (χ0n) is 11.6. The Bertz CT molecular complexity index is 578. The van der Waals surface area contributed by atoms with Crippen molar-refractivity contribution < 1.29 is 9.15 Å². The molecule has 1 unspecified atom stereocenters. The molecule has 1 atom stereocenters. The Morgan fingerprint density at radius 2 is 2.00 bits per heavy atom. The molecule has 102 valence electrons. The van der Waals surface area contributed by atoms with Crippen molar-refractivity contribution in [3.63, 3.8) is 0 Å². The fourth-order valence-corrected chi connectivity index (χ4v) is 2.31. The molecule has 2 rings (SSSR count). The number of rotatable bonds is 4.